The average Bonchev–Trinajstić information content (AvgIpc) is 2.33. The molecule has 0 aromatic heterocycles. The van der Waals surface area contributed by atoms with Crippen LogP contribution in [0, 0.1) is 11.3 Å². The lowest BCUT2D eigenvalue weighted by Gasteiger charge is -2.32. The standard InChI is InChI=1S/C16H26N2O/c1-12(2)11-17-15(19)18-14(16(3,4)5)13-9-7-6-8-10-13/h6-10,12,14H,11H2,1-5H3,(H2,17,18,19). The minimum Gasteiger partial charge on any atom is -0.338 e. The second-order valence-corrected chi connectivity index (χ2v) is 6.46. The van der Waals surface area contributed by atoms with Gasteiger partial charge in [0.05, 0.1) is 6.04 Å². The van der Waals surface area contributed by atoms with Gasteiger partial charge in [-0.05, 0) is 16.9 Å². The molecule has 1 atom stereocenters. The van der Waals surface area contributed by atoms with Crippen LogP contribution in [0.15, 0.2) is 30.3 Å². The zero-order valence-corrected chi connectivity index (χ0v) is 12.7. The number of carbonyl (C=O) groups excluding carboxylic acids is 1. The average molecular weight is 262 g/mol. The van der Waals surface area contributed by atoms with Gasteiger partial charge in [-0.25, -0.2) is 4.79 Å². The summed E-state index contributed by atoms with van der Waals surface area (Å²) in [6.07, 6.45) is 0. The van der Waals surface area contributed by atoms with Gasteiger partial charge in [-0.15, -0.1) is 0 Å². The third kappa shape index (κ3) is 5.33. The highest BCUT2D eigenvalue weighted by atomic mass is 16.2. The molecule has 1 aromatic carbocycles. The molecule has 0 aliphatic rings. The molecule has 0 fully saturated rings. The van der Waals surface area contributed by atoms with E-state index in [0.29, 0.717) is 12.5 Å². The SMILES string of the molecule is CC(C)CNC(=O)NC(c1ccccc1)C(C)(C)C. The second kappa shape index (κ2) is 6.60. The van der Waals surface area contributed by atoms with E-state index in [1.165, 1.54) is 0 Å². The largest absolute Gasteiger partial charge is 0.338 e. The highest BCUT2D eigenvalue weighted by Gasteiger charge is 2.27. The van der Waals surface area contributed by atoms with Gasteiger partial charge in [-0.2, -0.15) is 0 Å². The number of amides is 2. The lowest BCUT2D eigenvalue weighted by atomic mass is 9.82. The fourth-order valence-corrected chi connectivity index (χ4v) is 1.92. The minimum absolute atomic E-state index is 0.000798. The van der Waals surface area contributed by atoms with Gasteiger partial charge >= 0.3 is 6.03 Å². The molecule has 0 saturated carbocycles. The zero-order chi connectivity index (χ0) is 14.5. The molecule has 2 N–H and O–H groups in total. The summed E-state index contributed by atoms with van der Waals surface area (Å²) in [4.78, 5) is 12.0. The van der Waals surface area contributed by atoms with E-state index in [1.54, 1.807) is 0 Å². The maximum absolute atomic E-state index is 12.0. The van der Waals surface area contributed by atoms with Crippen molar-refractivity contribution in [3.63, 3.8) is 0 Å². The van der Waals surface area contributed by atoms with Crippen molar-refractivity contribution in [3.8, 4) is 0 Å². The summed E-state index contributed by atoms with van der Waals surface area (Å²) in [5, 5.41) is 5.98. The first kappa shape index (κ1) is 15.5. The van der Waals surface area contributed by atoms with Gasteiger partial charge < -0.3 is 10.6 Å². The number of urea groups is 1. The van der Waals surface area contributed by atoms with Gasteiger partial charge in [-0.3, -0.25) is 0 Å². The Bertz CT molecular complexity index is 393. The molecule has 0 aliphatic carbocycles. The fraction of sp³-hybridized carbons (Fsp3) is 0.562. The molecule has 19 heavy (non-hydrogen) atoms. The van der Waals surface area contributed by atoms with Crippen molar-refractivity contribution < 1.29 is 4.79 Å². The number of nitrogens with one attached hydrogen (secondary N) is 2. The van der Waals surface area contributed by atoms with Crippen molar-refractivity contribution in [2.24, 2.45) is 11.3 Å². The molecule has 0 bridgehead atoms. The number of hydrogen-bond acceptors (Lipinski definition) is 1. The molecular weight excluding hydrogens is 236 g/mol. The molecule has 2 amide bonds. The summed E-state index contributed by atoms with van der Waals surface area (Å²) in [6.45, 7) is 11.3. The van der Waals surface area contributed by atoms with Crippen LogP contribution < -0.4 is 10.6 Å². The molecule has 1 rings (SSSR count). The van der Waals surface area contributed by atoms with Gasteiger partial charge in [0.1, 0.15) is 0 Å². The third-order valence-corrected chi connectivity index (χ3v) is 2.95. The Morgan fingerprint density at radius 2 is 1.74 bits per heavy atom. The predicted octanol–water partition coefficient (Wildman–Crippen LogP) is 3.73. The minimum atomic E-state index is -0.0996. The maximum Gasteiger partial charge on any atom is 0.315 e. The molecule has 3 heteroatoms. The number of hydrogen-bond donors (Lipinski definition) is 2. The molecule has 106 valence electrons. The van der Waals surface area contributed by atoms with Gasteiger partial charge in [0, 0.05) is 6.54 Å². The molecule has 1 aromatic rings. The van der Waals surface area contributed by atoms with E-state index in [2.05, 4.69) is 57.4 Å². The van der Waals surface area contributed by atoms with Gasteiger partial charge in [0.15, 0.2) is 0 Å². The molecular formula is C16H26N2O. The predicted molar refractivity (Wildman–Crippen MR) is 80.0 cm³/mol. The van der Waals surface area contributed by atoms with Crippen LogP contribution in [0.2, 0.25) is 0 Å². The first-order valence-electron chi connectivity index (χ1n) is 6.90. The van der Waals surface area contributed by atoms with E-state index in [-0.39, 0.29) is 17.5 Å². The molecule has 0 saturated heterocycles. The number of carbonyl (C=O) groups is 1. The molecule has 3 nitrogen and oxygen atoms in total. The van der Waals surface area contributed by atoms with Crippen LogP contribution in [0.25, 0.3) is 0 Å². The topological polar surface area (TPSA) is 41.1 Å². The quantitative estimate of drug-likeness (QED) is 0.853. The van der Waals surface area contributed by atoms with Crippen LogP contribution in [-0.2, 0) is 0 Å². The summed E-state index contributed by atoms with van der Waals surface area (Å²) >= 11 is 0. The van der Waals surface area contributed by atoms with E-state index in [4.69, 9.17) is 0 Å². The van der Waals surface area contributed by atoms with Gasteiger partial charge in [0.2, 0.25) is 0 Å². The molecule has 1 unspecified atom stereocenters. The lowest BCUT2D eigenvalue weighted by molar-refractivity contribution is 0.217. The Morgan fingerprint density at radius 3 is 2.21 bits per heavy atom. The lowest BCUT2D eigenvalue weighted by Crippen LogP contribution is -2.43. The van der Waals surface area contributed by atoms with Crippen LogP contribution >= 0.6 is 0 Å². The fourth-order valence-electron chi connectivity index (χ4n) is 1.92. The first-order valence-corrected chi connectivity index (χ1v) is 6.90. The van der Waals surface area contributed by atoms with Crippen molar-refractivity contribution in [2.45, 2.75) is 40.7 Å². The summed E-state index contributed by atoms with van der Waals surface area (Å²) in [7, 11) is 0. The van der Waals surface area contributed by atoms with Gasteiger partial charge in [0.25, 0.3) is 0 Å². The molecule has 0 heterocycles. The maximum atomic E-state index is 12.0. The van der Waals surface area contributed by atoms with Crippen molar-refractivity contribution in [1.82, 2.24) is 10.6 Å². The second-order valence-electron chi connectivity index (χ2n) is 6.46. The summed E-state index contributed by atoms with van der Waals surface area (Å²) in [6, 6.07) is 10.0. The Morgan fingerprint density at radius 1 is 1.16 bits per heavy atom. The van der Waals surface area contributed by atoms with Crippen molar-refractivity contribution in [2.75, 3.05) is 6.54 Å². The Hall–Kier alpha value is -1.51. The van der Waals surface area contributed by atoms with Crippen molar-refractivity contribution >= 4 is 6.03 Å². The first-order chi connectivity index (χ1) is 8.80. The Labute approximate surface area is 116 Å². The van der Waals surface area contributed by atoms with Crippen LogP contribution in [0.1, 0.15) is 46.2 Å². The van der Waals surface area contributed by atoms with Gasteiger partial charge in [-0.1, -0.05) is 65.0 Å². The monoisotopic (exact) mass is 262 g/mol. The van der Waals surface area contributed by atoms with Crippen LogP contribution in [0.4, 0.5) is 4.79 Å². The Kier molecular flexibility index (Phi) is 5.40. The number of rotatable bonds is 4. The van der Waals surface area contributed by atoms with Crippen molar-refractivity contribution in [3.05, 3.63) is 35.9 Å². The summed E-state index contributed by atoms with van der Waals surface area (Å²) in [5.74, 6) is 0.454. The summed E-state index contributed by atoms with van der Waals surface area (Å²) < 4.78 is 0. The normalized spacial score (nSPS) is 13.2. The molecule has 0 spiro atoms. The number of benzene rings is 1. The van der Waals surface area contributed by atoms with E-state index in [9.17, 15) is 4.79 Å². The Balaban J connectivity index is 2.75. The van der Waals surface area contributed by atoms with E-state index in [1.807, 2.05) is 18.2 Å². The molecule has 0 aliphatic heterocycles. The third-order valence-electron chi connectivity index (χ3n) is 2.95. The molecule has 0 radical (unpaired) electrons. The highest BCUT2D eigenvalue weighted by molar-refractivity contribution is 5.74. The zero-order valence-electron chi connectivity index (χ0n) is 12.7. The highest BCUT2D eigenvalue weighted by Crippen LogP contribution is 2.32. The van der Waals surface area contributed by atoms with Crippen LogP contribution in [0.5, 0.6) is 0 Å². The smallest absolute Gasteiger partial charge is 0.315 e. The van der Waals surface area contributed by atoms with Crippen LogP contribution in [-0.4, -0.2) is 12.6 Å². The van der Waals surface area contributed by atoms with E-state index < -0.39 is 0 Å². The van der Waals surface area contributed by atoms with Crippen LogP contribution in [0.3, 0.4) is 0 Å². The summed E-state index contributed by atoms with van der Waals surface area (Å²) in [5.41, 5.74) is 1.10. The van der Waals surface area contributed by atoms with Crippen molar-refractivity contribution in [1.29, 1.82) is 0 Å². The van der Waals surface area contributed by atoms with E-state index in [0.717, 1.165) is 5.56 Å². The van der Waals surface area contributed by atoms with E-state index >= 15 is 0 Å².